The molecule has 6 nitrogen and oxygen atoms in total. The first kappa shape index (κ1) is 16.6. The molecular weight excluding hydrogens is 336 g/mol. The highest BCUT2D eigenvalue weighted by Crippen LogP contribution is 2.47. The van der Waals surface area contributed by atoms with Crippen LogP contribution in [0.4, 0.5) is 5.69 Å². The fourth-order valence-electron chi connectivity index (χ4n) is 4.21. The van der Waals surface area contributed by atoms with Crippen molar-refractivity contribution >= 4 is 15.7 Å². The van der Waals surface area contributed by atoms with Crippen LogP contribution in [0.1, 0.15) is 24.1 Å². The lowest BCUT2D eigenvalue weighted by Crippen LogP contribution is -2.45. The third-order valence-corrected chi connectivity index (χ3v) is 6.83. The van der Waals surface area contributed by atoms with E-state index in [-0.39, 0.29) is 5.41 Å². The Balaban J connectivity index is 1.56. The molecule has 1 aromatic heterocycles. The maximum atomic E-state index is 12.2. The highest BCUT2D eigenvalue weighted by molar-refractivity contribution is 7.92. The van der Waals surface area contributed by atoms with E-state index in [2.05, 4.69) is 20.5 Å². The molecule has 0 radical (unpaired) electrons. The maximum Gasteiger partial charge on any atom is 0.232 e. The standard InChI is InChI=1S/C18H24N4O2S/c1-20-14-19-11-15(20)12-21-9-7-18(8-10-21)13-22(25(2,23)24)17-6-4-3-5-16(17)18/h3-6,11,14H,7-10,12-13H2,1-2H3. The summed E-state index contributed by atoms with van der Waals surface area (Å²) in [6.07, 6.45) is 7.01. The van der Waals surface area contributed by atoms with Crippen LogP contribution in [0.5, 0.6) is 0 Å². The van der Waals surface area contributed by atoms with Crippen LogP contribution < -0.4 is 4.31 Å². The van der Waals surface area contributed by atoms with Gasteiger partial charge in [-0.15, -0.1) is 0 Å². The van der Waals surface area contributed by atoms with Crippen LogP contribution in [0, 0.1) is 0 Å². The summed E-state index contributed by atoms with van der Waals surface area (Å²) < 4.78 is 28.1. The van der Waals surface area contributed by atoms with Crippen molar-refractivity contribution in [2.45, 2.75) is 24.8 Å². The number of hydrogen-bond donors (Lipinski definition) is 0. The fourth-order valence-corrected chi connectivity index (χ4v) is 5.21. The predicted molar refractivity (Wildman–Crippen MR) is 98.0 cm³/mol. The lowest BCUT2D eigenvalue weighted by atomic mass is 9.74. The first-order valence-corrected chi connectivity index (χ1v) is 10.5. The lowest BCUT2D eigenvalue weighted by molar-refractivity contribution is 0.158. The molecule has 4 rings (SSSR count). The summed E-state index contributed by atoms with van der Waals surface area (Å²) in [6, 6.07) is 7.99. The molecule has 0 saturated carbocycles. The van der Waals surface area contributed by atoms with Gasteiger partial charge >= 0.3 is 0 Å². The van der Waals surface area contributed by atoms with E-state index in [4.69, 9.17) is 0 Å². The number of hydrogen-bond acceptors (Lipinski definition) is 4. The van der Waals surface area contributed by atoms with Crippen molar-refractivity contribution in [1.82, 2.24) is 14.5 Å². The minimum absolute atomic E-state index is 0.0529. The molecule has 0 unspecified atom stereocenters. The van der Waals surface area contributed by atoms with Crippen LogP contribution in [0.3, 0.4) is 0 Å². The van der Waals surface area contributed by atoms with E-state index in [1.54, 1.807) is 4.31 Å². The molecule has 1 saturated heterocycles. The Morgan fingerprint density at radius 2 is 1.92 bits per heavy atom. The van der Waals surface area contributed by atoms with E-state index in [9.17, 15) is 8.42 Å². The first-order chi connectivity index (χ1) is 11.9. The largest absolute Gasteiger partial charge is 0.337 e. The molecule has 134 valence electrons. The van der Waals surface area contributed by atoms with Crippen molar-refractivity contribution < 1.29 is 8.42 Å². The van der Waals surface area contributed by atoms with Crippen LogP contribution in [0.25, 0.3) is 0 Å². The quantitative estimate of drug-likeness (QED) is 0.836. The molecule has 1 spiro atoms. The number of benzene rings is 1. The van der Waals surface area contributed by atoms with Crippen molar-refractivity contribution in [3.63, 3.8) is 0 Å². The normalized spacial score (nSPS) is 20.2. The third-order valence-electron chi connectivity index (χ3n) is 5.71. The Morgan fingerprint density at radius 1 is 1.20 bits per heavy atom. The number of fused-ring (bicyclic) bond motifs is 2. The van der Waals surface area contributed by atoms with Crippen molar-refractivity contribution in [1.29, 1.82) is 0 Å². The zero-order valence-corrected chi connectivity index (χ0v) is 15.5. The van der Waals surface area contributed by atoms with Gasteiger partial charge in [0.15, 0.2) is 0 Å². The highest BCUT2D eigenvalue weighted by Gasteiger charge is 2.46. The summed E-state index contributed by atoms with van der Waals surface area (Å²) in [5.41, 5.74) is 3.22. The summed E-state index contributed by atoms with van der Waals surface area (Å²) in [5, 5.41) is 0. The van der Waals surface area contributed by atoms with Gasteiger partial charge in [-0.1, -0.05) is 18.2 Å². The second-order valence-corrected chi connectivity index (χ2v) is 9.25. The number of rotatable bonds is 3. The molecule has 0 bridgehead atoms. The Morgan fingerprint density at radius 3 is 2.56 bits per heavy atom. The van der Waals surface area contributed by atoms with Crippen LogP contribution >= 0.6 is 0 Å². The third kappa shape index (κ3) is 2.85. The summed E-state index contributed by atoms with van der Waals surface area (Å²) >= 11 is 0. The fraction of sp³-hybridized carbons (Fsp3) is 0.500. The number of para-hydroxylation sites is 1. The van der Waals surface area contributed by atoms with E-state index in [1.165, 1.54) is 17.5 Å². The minimum atomic E-state index is -3.24. The lowest BCUT2D eigenvalue weighted by Gasteiger charge is -2.39. The van der Waals surface area contributed by atoms with E-state index < -0.39 is 10.0 Å². The molecule has 0 atom stereocenters. The number of imidazole rings is 1. The number of anilines is 1. The van der Waals surface area contributed by atoms with Gasteiger partial charge in [-0.25, -0.2) is 13.4 Å². The van der Waals surface area contributed by atoms with Crippen molar-refractivity contribution in [2.24, 2.45) is 7.05 Å². The van der Waals surface area contributed by atoms with Gasteiger partial charge in [0, 0.05) is 31.7 Å². The van der Waals surface area contributed by atoms with Crippen molar-refractivity contribution in [2.75, 3.05) is 30.2 Å². The number of piperidine rings is 1. The van der Waals surface area contributed by atoms with Gasteiger partial charge < -0.3 is 4.57 Å². The number of likely N-dealkylation sites (tertiary alicyclic amines) is 1. The second kappa shape index (κ2) is 5.85. The SMILES string of the molecule is Cn1cncc1CN1CCC2(CC1)CN(S(C)(=O)=O)c1ccccc12. The molecule has 3 heterocycles. The smallest absolute Gasteiger partial charge is 0.232 e. The van der Waals surface area contributed by atoms with Gasteiger partial charge in [0.1, 0.15) is 0 Å². The van der Waals surface area contributed by atoms with Crippen LogP contribution in [0.15, 0.2) is 36.8 Å². The zero-order valence-electron chi connectivity index (χ0n) is 14.7. The maximum absolute atomic E-state index is 12.2. The van der Waals surface area contributed by atoms with Gasteiger partial charge in [-0.2, -0.15) is 0 Å². The van der Waals surface area contributed by atoms with Gasteiger partial charge in [-0.3, -0.25) is 9.21 Å². The van der Waals surface area contributed by atoms with E-state index in [0.29, 0.717) is 6.54 Å². The van der Waals surface area contributed by atoms with Gasteiger partial charge in [-0.05, 0) is 37.6 Å². The molecule has 25 heavy (non-hydrogen) atoms. The molecule has 2 aliphatic rings. The number of aromatic nitrogens is 2. The summed E-state index contributed by atoms with van der Waals surface area (Å²) in [6.45, 7) is 3.41. The van der Waals surface area contributed by atoms with E-state index in [1.807, 2.05) is 37.8 Å². The highest BCUT2D eigenvalue weighted by atomic mass is 32.2. The average Bonchev–Trinajstić information content (AvgIpc) is 3.12. The predicted octanol–water partition coefficient (Wildman–Crippen LogP) is 1.73. The summed E-state index contributed by atoms with van der Waals surface area (Å²) in [4.78, 5) is 6.63. The summed E-state index contributed by atoms with van der Waals surface area (Å²) in [5.74, 6) is 0. The van der Waals surface area contributed by atoms with E-state index >= 15 is 0 Å². The number of aryl methyl sites for hydroxylation is 1. The molecule has 0 N–H and O–H groups in total. The van der Waals surface area contributed by atoms with Crippen molar-refractivity contribution in [3.8, 4) is 0 Å². The first-order valence-electron chi connectivity index (χ1n) is 8.64. The molecular formula is C18H24N4O2S. The Labute approximate surface area is 149 Å². The number of sulfonamides is 1. The molecule has 1 fully saturated rings. The Hall–Kier alpha value is -1.86. The zero-order chi connectivity index (χ0) is 17.7. The number of nitrogens with zero attached hydrogens (tertiary/aromatic N) is 4. The molecule has 1 aromatic carbocycles. The monoisotopic (exact) mass is 360 g/mol. The molecule has 0 aliphatic carbocycles. The van der Waals surface area contributed by atoms with E-state index in [0.717, 1.165) is 38.2 Å². The Bertz CT molecular complexity index is 882. The van der Waals surface area contributed by atoms with Gasteiger partial charge in [0.2, 0.25) is 10.0 Å². The minimum Gasteiger partial charge on any atom is -0.337 e. The molecule has 2 aromatic rings. The van der Waals surface area contributed by atoms with Crippen LogP contribution in [-0.4, -0.2) is 48.8 Å². The van der Waals surface area contributed by atoms with Gasteiger partial charge in [0.25, 0.3) is 0 Å². The molecule has 7 heteroatoms. The Kier molecular flexibility index (Phi) is 3.88. The average molecular weight is 360 g/mol. The second-order valence-electron chi connectivity index (χ2n) is 7.34. The topological polar surface area (TPSA) is 58.4 Å². The van der Waals surface area contributed by atoms with Crippen molar-refractivity contribution in [3.05, 3.63) is 48.0 Å². The van der Waals surface area contributed by atoms with Crippen LogP contribution in [-0.2, 0) is 29.0 Å². The summed E-state index contributed by atoms with van der Waals surface area (Å²) in [7, 11) is -1.22. The molecule has 2 aliphatic heterocycles. The van der Waals surface area contributed by atoms with Crippen LogP contribution in [0.2, 0.25) is 0 Å². The molecule has 0 amide bonds. The van der Waals surface area contributed by atoms with Gasteiger partial charge in [0.05, 0.1) is 24.0 Å².